The van der Waals surface area contributed by atoms with Crippen LogP contribution < -0.4 is 9.64 Å². The zero-order chi connectivity index (χ0) is 21.3. The molecule has 0 unspecified atom stereocenters. The molecule has 150 valence electrons. The molecule has 0 spiro atoms. The summed E-state index contributed by atoms with van der Waals surface area (Å²) in [7, 11) is 0. The Labute approximate surface area is 171 Å². The Morgan fingerprint density at radius 3 is 2.43 bits per heavy atom. The predicted octanol–water partition coefficient (Wildman–Crippen LogP) is 5.77. The third kappa shape index (κ3) is 3.58. The van der Waals surface area contributed by atoms with Gasteiger partial charge in [-0.1, -0.05) is 48.6 Å². The number of nitro benzene ring substituents is 2. The molecule has 0 saturated carbocycles. The van der Waals surface area contributed by atoms with Crippen molar-refractivity contribution in [2.45, 2.75) is 6.92 Å². The van der Waals surface area contributed by atoms with E-state index in [1.54, 1.807) is 11.0 Å². The van der Waals surface area contributed by atoms with E-state index in [1.165, 1.54) is 6.07 Å². The van der Waals surface area contributed by atoms with Crippen molar-refractivity contribution < 1.29 is 14.6 Å². The molecule has 4 rings (SSSR count). The van der Waals surface area contributed by atoms with Crippen molar-refractivity contribution in [3.05, 3.63) is 98.1 Å². The molecule has 8 nitrogen and oxygen atoms in total. The number of non-ortho nitro benzene ring substituents is 1. The summed E-state index contributed by atoms with van der Waals surface area (Å²) in [5.74, 6) is 0.566. The van der Waals surface area contributed by atoms with Crippen LogP contribution in [-0.4, -0.2) is 16.4 Å². The molecular weight excluding hydrogens is 386 g/mol. The van der Waals surface area contributed by atoms with Crippen LogP contribution in [0.2, 0.25) is 0 Å². The highest BCUT2D eigenvalue weighted by Gasteiger charge is 2.34. The summed E-state index contributed by atoms with van der Waals surface area (Å²) in [6.45, 7) is 2.23. The maximum absolute atomic E-state index is 11.8. The Morgan fingerprint density at radius 2 is 1.73 bits per heavy atom. The summed E-state index contributed by atoms with van der Waals surface area (Å²) in [6, 6.07) is 17.3. The van der Waals surface area contributed by atoms with Gasteiger partial charge >= 0.3 is 5.69 Å². The molecule has 0 N–H and O–H groups in total. The highest BCUT2D eigenvalue weighted by molar-refractivity contribution is 5.86. The fourth-order valence-corrected chi connectivity index (χ4v) is 3.38. The molecule has 1 aliphatic heterocycles. The minimum atomic E-state index is -0.666. The summed E-state index contributed by atoms with van der Waals surface area (Å²) < 4.78 is 5.83. The number of hydrogen-bond donors (Lipinski definition) is 0. The second-order valence-corrected chi connectivity index (χ2v) is 6.82. The molecule has 3 aromatic carbocycles. The Balaban J connectivity index is 1.84. The molecule has 0 radical (unpaired) electrons. The predicted molar refractivity (Wildman–Crippen MR) is 113 cm³/mol. The second kappa shape index (κ2) is 7.67. The van der Waals surface area contributed by atoms with E-state index in [0.29, 0.717) is 18.0 Å². The first-order chi connectivity index (χ1) is 14.4. The molecule has 0 aliphatic carbocycles. The van der Waals surface area contributed by atoms with Gasteiger partial charge in [-0.15, -0.1) is 0 Å². The number of rotatable bonds is 5. The number of nitro groups is 2. The zero-order valence-electron chi connectivity index (χ0n) is 16.0. The van der Waals surface area contributed by atoms with Crippen LogP contribution in [0, 0.1) is 27.2 Å². The highest BCUT2D eigenvalue weighted by Crippen LogP contribution is 2.52. The van der Waals surface area contributed by atoms with Gasteiger partial charge in [0.2, 0.25) is 0 Å². The van der Waals surface area contributed by atoms with Gasteiger partial charge < -0.3 is 9.64 Å². The topological polar surface area (TPSA) is 98.8 Å². The molecule has 0 fully saturated rings. The van der Waals surface area contributed by atoms with Crippen molar-refractivity contribution in [1.82, 2.24) is 0 Å². The average molecular weight is 403 g/mol. The number of benzene rings is 3. The summed E-state index contributed by atoms with van der Waals surface area (Å²) in [5.41, 5.74) is 2.05. The van der Waals surface area contributed by atoms with E-state index in [2.05, 4.69) is 0 Å². The van der Waals surface area contributed by atoms with Gasteiger partial charge in [0.1, 0.15) is 0 Å². The number of fused-ring (bicyclic) bond motifs is 2. The quantitative estimate of drug-likeness (QED) is 0.396. The van der Waals surface area contributed by atoms with Gasteiger partial charge in [0.15, 0.2) is 17.2 Å². The molecule has 0 bridgehead atoms. The van der Waals surface area contributed by atoms with Crippen LogP contribution >= 0.6 is 0 Å². The number of anilines is 2. The molecular formula is C22H17N3O5. The minimum absolute atomic E-state index is 0.0837. The number of aryl methyl sites for hydroxylation is 1. The van der Waals surface area contributed by atoms with Gasteiger partial charge in [0.05, 0.1) is 27.7 Å². The van der Waals surface area contributed by atoms with Gasteiger partial charge in [-0.05, 0) is 30.2 Å². The molecule has 0 aromatic heterocycles. The first-order valence-electron chi connectivity index (χ1n) is 9.18. The van der Waals surface area contributed by atoms with E-state index in [9.17, 15) is 20.2 Å². The SMILES string of the molecule is Cc1ccc2c(c1)N(C/C=C\c1ccccc1)c1c(cc([N+](=O)[O-])cc1[N+](=O)[O-])O2. The smallest absolute Gasteiger partial charge is 0.303 e. The Morgan fingerprint density at radius 1 is 0.967 bits per heavy atom. The van der Waals surface area contributed by atoms with Crippen LogP contribution in [0.5, 0.6) is 11.5 Å². The normalized spacial score (nSPS) is 12.2. The Hall–Kier alpha value is -4.20. The van der Waals surface area contributed by atoms with Crippen molar-refractivity contribution in [1.29, 1.82) is 0 Å². The minimum Gasteiger partial charge on any atom is -0.452 e. The van der Waals surface area contributed by atoms with Crippen LogP contribution in [-0.2, 0) is 0 Å². The summed E-state index contributed by atoms with van der Waals surface area (Å²) in [5, 5.41) is 23.0. The highest BCUT2D eigenvalue weighted by atomic mass is 16.6. The molecule has 3 aromatic rings. The van der Waals surface area contributed by atoms with Crippen molar-refractivity contribution in [2.75, 3.05) is 11.4 Å². The van der Waals surface area contributed by atoms with Crippen LogP contribution in [0.3, 0.4) is 0 Å². The van der Waals surface area contributed by atoms with Crippen LogP contribution in [0.1, 0.15) is 11.1 Å². The van der Waals surface area contributed by atoms with Crippen molar-refractivity contribution >= 4 is 28.8 Å². The fraction of sp³-hybridized carbons (Fsp3) is 0.0909. The van der Waals surface area contributed by atoms with Gasteiger partial charge in [0.25, 0.3) is 5.69 Å². The lowest BCUT2D eigenvalue weighted by molar-refractivity contribution is -0.393. The van der Waals surface area contributed by atoms with Crippen LogP contribution in [0.25, 0.3) is 6.08 Å². The molecule has 1 aliphatic rings. The second-order valence-electron chi connectivity index (χ2n) is 6.82. The Kier molecular flexibility index (Phi) is 4.89. The summed E-state index contributed by atoms with van der Waals surface area (Å²) in [4.78, 5) is 23.5. The van der Waals surface area contributed by atoms with E-state index < -0.39 is 15.5 Å². The van der Waals surface area contributed by atoms with E-state index in [1.807, 2.05) is 61.5 Å². The molecule has 30 heavy (non-hydrogen) atoms. The molecule has 8 heteroatoms. The lowest BCUT2D eigenvalue weighted by Crippen LogP contribution is -2.22. The van der Waals surface area contributed by atoms with Crippen molar-refractivity contribution in [2.24, 2.45) is 0 Å². The lowest BCUT2D eigenvalue weighted by atomic mass is 10.1. The molecule has 0 saturated heterocycles. The monoisotopic (exact) mass is 403 g/mol. The number of hydrogen-bond acceptors (Lipinski definition) is 6. The van der Waals surface area contributed by atoms with E-state index >= 15 is 0 Å². The molecule has 1 heterocycles. The zero-order valence-corrected chi connectivity index (χ0v) is 16.0. The Bertz CT molecular complexity index is 1170. The maximum atomic E-state index is 11.8. The van der Waals surface area contributed by atoms with E-state index in [-0.39, 0.29) is 17.1 Å². The largest absolute Gasteiger partial charge is 0.452 e. The van der Waals surface area contributed by atoms with E-state index in [4.69, 9.17) is 4.74 Å². The van der Waals surface area contributed by atoms with Crippen molar-refractivity contribution in [3.63, 3.8) is 0 Å². The number of ether oxygens (including phenoxy) is 1. The van der Waals surface area contributed by atoms with Crippen LogP contribution in [0.4, 0.5) is 22.7 Å². The average Bonchev–Trinajstić information content (AvgIpc) is 2.73. The van der Waals surface area contributed by atoms with E-state index in [0.717, 1.165) is 17.2 Å². The van der Waals surface area contributed by atoms with Gasteiger partial charge in [0, 0.05) is 6.54 Å². The van der Waals surface area contributed by atoms with Crippen LogP contribution in [0.15, 0.2) is 66.7 Å². The third-order valence-corrected chi connectivity index (χ3v) is 4.74. The number of nitrogens with zero attached hydrogens (tertiary/aromatic N) is 3. The standard InChI is InChI=1S/C22H17N3O5/c1-15-9-10-20-18(12-15)23(11-5-8-16-6-3-2-4-7-16)22-19(25(28)29)13-17(24(26)27)14-21(22)30-20/h2-10,12-14H,11H2,1H3/b8-5-. The van der Waals surface area contributed by atoms with Gasteiger partial charge in [-0.25, -0.2) is 0 Å². The molecule has 0 amide bonds. The first kappa shape index (κ1) is 19.1. The van der Waals surface area contributed by atoms with Gasteiger partial charge in [-0.3, -0.25) is 20.2 Å². The lowest BCUT2D eigenvalue weighted by Gasteiger charge is -2.31. The molecule has 0 atom stereocenters. The fourth-order valence-electron chi connectivity index (χ4n) is 3.38. The van der Waals surface area contributed by atoms with Gasteiger partial charge in [-0.2, -0.15) is 0 Å². The third-order valence-electron chi connectivity index (χ3n) is 4.74. The first-order valence-corrected chi connectivity index (χ1v) is 9.18. The maximum Gasteiger partial charge on any atom is 0.303 e. The summed E-state index contributed by atoms with van der Waals surface area (Å²) in [6.07, 6.45) is 3.81. The summed E-state index contributed by atoms with van der Waals surface area (Å²) >= 11 is 0. The van der Waals surface area contributed by atoms with Crippen molar-refractivity contribution in [3.8, 4) is 11.5 Å².